The number of allylic oxidation sites excluding steroid dienone is 10. The van der Waals surface area contributed by atoms with Gasteiger partial charge in [-0.2, -0.15) is 0 Å². The van der Waals surface area contributed by atoms with Gasteiger partial charge in [-0.05, 0) is 77.0 Å². The first-order chi connectivity index (χ1) is 26.0. The van der Waals surface area contributed by atoms with Crippen LogP contribution in [-0.4, -0.2) is 37.2 Å². The van der Waals surface area contributed by atoms with Crippen molar-refractivity contribution in [2.75, 3.05) is 13.2 Å². The molecule has 53 heavy (non-hydrogen) atoms. The first kappa shape index (κ1) is 50.1. The number of ether oxygens (including phenoxy) is 3. The number of hydrogen-bond donors (Lipinski definition) is 0. The Bertz CT molecular complexity index is 991. The van der Waals surface area contributed by atoms with Gasteiger partial charge in [-0.15, -0.1) is 0 Å². The molecule has 0 amide bonds. The average Bonchev–Trinajstić information content (AvgIpc) is 3.15. The second kappa shape index (κ2) is 41.9. The molecule has 0 saturated carbocycles. The standard InChI is InChI=1S/C47H80O6/c1-4-7-10-13-16-19-21-23-25-26-28-31-34-37-40-46(49)52-43-44(42-51-45(48)39-36-33-30-18-15-12-9-6-3)53-47(50)41-38-35-32-29-27-24-22-20-17-14-11-8-5-2/h8,11,13,16-17,20-21,23-24,27,44H,4-7,9-10,12,14-15,18-19,22,25-26,28-43H2,1-3H3/b11-8-,16-13-,20-17-,23-21-,27-24-. The summed E-state index contributed by atoms with van der Waals surface area (Å²) >= 11 is 0. The molecule has 6 heteroatoms. The monoisotopic (exact) mass is 741 g/mol. The Hall–Kier alpha value is -2.89. The molecule has 0 heterocycles. The van der Waals surface area contributed by atoms with Crippen molar-refractivity contribution in [3.63, 3.8) is 0 Å². The highest BCUT2D eigenvalue weighted by Crippen LogP contribution is 2.12. The van der Waals surface area contributed by atoms with Gasteiger partial charge in [0.2, 0.25) is 0 Å². The minimum Gasteiger partial charge on any atom is -0.462 e. The van der Waals surface area contributed by atoms with E-state index in [1.54, 1.807) is 0 Å². The van der Waals surface area contributed by atoms with E-state index in [-0.39, 0.29) is 31.1 Å². The van der Waals surface area contributed by atoms with E-state index in [1.807, 2.05) is 0 Å². The Kier molecular flexibility index (Phi) is 39.6. The van der Waals surface area contributed by atoms with Gasteiger partial charge in [0.15, 0.2) is 6.10 Å². The van der Waals surface area contributed by atoms with Crippen LogP contribution in [0.4, 0.5) is 0 Å². The largest absolute Gasteiger partial charge is 0.462 e. The van der Waals surface area contributed by atoms with Gasteiger partial charge in [0.25, 0.3) is 0 Å². The second-order valence-electron chi connectivity index (χ2n) is 14.2. The maximum absolute atomic E-state index is 12.7. The van der Waals surface area contributed by atoms with Gasteiger partial charge in [-0.25, -0.2) is 0 Å². The fraction of sp³-hybridized carbons (Fsp3) is 0.723. The van der Waals surface area contributed by atoms with Crippen LogP contribution in [-0.2, 0) is 28.6 Å². The predicted octanol–water partition coefficient (Wildman–Crippen LogP) is 13.7. The molecule has 0 aromatic rings. The zero-order valence-corrected chi connectivity index (χ0v) is 34.5. The van der Waals surface area contributed by atoms with E-state index in [2.05, 4.69) is 81.5 Å². The Morgan fingerprint density at radius 2 is 0.755 bits per heavy atom. The molecular weight excluding hydrogens is 661 g/mol. The molecule has 0 aromatic heterocycles. The normalized spacial score (nSPS) is 12.6. The van der Waals surface area contributed by atoms with Crippen LogP contribution in [0.3, 0.4) is 0 Å². The highest BCUT2D eigenvalue weighted by molar-refractivity contribution is 5.71. The summed E-state index contributed by atoms with van der Waals surface area (Å²) in [5.41, 5.74) is 0. The quantitative estimate of drug-likeness (QED) is 0.0271. The third-order valence-corrected chi connectivity index (χ3v) is 9.01. The minimum absolute atomic E-state index is 0.0907. The van der Waals surface area contributed by atoms with Crippen LogP contribution < -0.4 is 0 Å². The molecule has 0 bridgehead atoms. The summed E-state index contributed by atoms with van der Waals surface area (Å²) in [5, 5.41) is 0. The lowest BCUT2D eigenvalue weighted by Gasteiger charge is -2.18. The van der Waals surface area contributed by atoms with Gasteiger partial charge in [0.05, 0.1) is 0 Å². The molecule has 0 spiro atoms. The lowest BCUT2D eigenvalue weighted by Crippen LogP contribution is -2.30. The predicted molar refractivity (Wildman–Crippen MR) is 224 cm³/mol. The number of hydrogen-bond acceptors (Lipinski definition) is 6. The highest BCUT2D eigenvalue weighted by Gasteiger charge is 2.19. The van der Waals surface area contributed by atoms with Crippen LogP contribution in [0.5, 0.6) is 0 Å². The van der Waals surface area contributed by atoms with Gasteiger partial charge in [-0.3, -0.25) is 14.4 Å². The molecule has 1 atom stereocenters. The first-order valence-electron chi connectivity index (χ1n) is 21.8. The average molecular weight is 741 g/mol. The molecule has 0 fully saturated rings. The van der Waals surface area contributed by atoms with Crippen LogP contribution in [0.25, 0.3) is 0 Å². The summed E-state index contributed by atoms with van der Waals surface area (Å²) < 4.78 is 16.6. The zero-order chi connectivity index (χ0) is 38.7. The van der Waals surface area contributed by atoms with Crippen molar-refractivity contribution in [3.8, 4) is 0 Å². The number of esters is 3. The van der Waals surface area contributed by atoms with Crippen LogP contribution in [0, 0.1) is 0 Å². The Morgan fingerprint density at radius 3 is 1.23 bits per heavy atom. The second-order valence-corrected chi connectivity index (χ2v) is 14.2. The summed E-state index contributed by atoms with van der Waals surface area (Å²) in [6.45, 7) is 6.39. The lowest BCUT2D eigenvalue weighted by atomic mass is 10.1. The van der Waals surface area contributed by atoms with Gasteiger partial charge in [-0.1, -0.05) is 165 Å². The molecule has 0 aliphatic rings. The molecule has 0 saturated heterocycles. The van der Waals surface area contributed by atoms with Gasteiger partial charge < -0.3 is 14.2 Å². The van der Waals surface area contributed by atoms with E-state index in [4.69, 9.17) is 14.2 Å². The molecule has 6 nitrogen and oxygen atoms in total. The fourth-order valence-corrected chi connectivity index (χ4v) is 5.71. The van der Waals surface area contributed by atoms with E-state index < -0.39 is 6.10 Å². The summed E-state index contributed by atoms with van der Waals surface area (Å²) in [6, 6.07) is 0. The Balaban J connectivity index is 4.43. The van der Waals surface area contributed by atoms with Crippen molar-refractivity contribution in [2.45, 2.75) is 207 Å². The van der Waals surface area contributed by atoms with Crippen molar-refractivity contribution in [2.24, 2.45) is 0 Å². The van der Waals surface area contributed by atoms with Crippen LogP contribution in [0.15, 0.2) is 60.8 Å². The van der Waals surface area contributed by atoms with E-state index >= 15 is 0 Å². The fourth-order valence-electron chi connectivity index (χ4n) is 5.71. The zero-order valence-electron chi connectivity index (χ0n) is 34.5. The van der Waals surface area contributed by atoms with Gasteiger partial charge in [0, 0.05) is 19.3 Å². The highest BCUT2D eigenvalue weighted by atomic mass is 16.6. The molecule has 0 radical (unpaired) electrons. The molecule has 1 unspecified atom stereocenters. The molecular formula is C47H80O6. The molecule has 0 aromatic carbocycles. The number of carbonyl (C=O) groups excluding carboxylic acids is 3. The van der Waals surface area contributed by atoms with E-state index in [9.17, 15) is 14.4 Å². The molecule has 0 rings (SSSR count). The van der Waals surface area contributed by atoms with Crippen molar-refractivity contribution < 1.29 is 28.6 Å². The summed E-state index contributed by atoms with van der Waals surface area (Å²) in [4.78, 5) is 37.6. The van der Waals surface area contributed by atoms with Gasteiger partial charge >= 0.3 is 17.9 Å². The topological polar surface area (TPSA) is 78.9 Å². The summed E-state index contributed by atoms with van der Waals surface area (Å²) in [7, 11) is 0. The van der Waals surface area contributed by atoms with Crippen molar-refractivity contribution in [3.05, 3.63) is 60.8 Å². The third-order valence-electron chi connectivity index (χ3n) is 9.01. The van der Waals surface area contributed by atoms with E-state index in [0.29, 0.717) is 19.3 Å². The van der Waals surface area contributed by atoms with E-state index in [1.165, 1.54) is 51.4 Å². The lowest BCUT2D eigenvalue weighted by molar-refractivity contribution is -0.167. The van der Waals surface area contributed by atoms with Crippen LogP contribution >= 0.6 is 0 Å². The summed E-state index contributed by atoms with van der Waals surface area (Å²) in [6.07, 6.45) is 49.2. The minimum atomic E-state index is -0.790. The van der Waals surface area contributed by atoms with Crippen molar-refractivity contribution in [1.82, 2.24) is 0 Å². The molecule has 0 aliphatic heterocycles. The van der Waals surface area contributed by atoms with Crippen molar-refractivity contribution in [1.29, 1.82) is 0 Å². The van der Waals surface area contributed by atoms with E-state index in [0.717, 1.165) is 109 Å². The SMILES string of the molecule is CC/C=C\C/C=C\C/C=C\CCCCCC(=O)OC(COC(=O)CCCCCCC/C=C\C/C=C\CCCC)COC(=O)CCCCCCCCCC. The Morgan fingerprint density at radius 1 is 0.396 bits per heavy atom. The third kappa shape index (κ3) is 40.1. The van der Waals surface area contributed by atoms with Crippen LogP contribution in [0.1, 0.15) is 201 Å². The Labute approximate surface area is 326 Å². The smallest absolute Gasteiger partial charge is 0.306 e. The number of carbonyl (C=O) groups is 3. The first-order valence-corrected chi connectivity index (χ1v) is 21.8. The molecule has 304 valence electrons. The maximum atomic E-state index is 12.7. The van der Waals surface area contributed by atoms with Crippen LogP contribution in [0.2, 0.25) is 0 Å². The van der Waals surface area contributed by atoms with Crippen molar-refractivity contribution >= 4 is 17.9 Å². The summed E-state index contributed by atoms with van der Waals surface area (Å²) in [5.74, 6) is -0.945. The number of unbranched alkanes of at least 4 members (excludes halogenated alkanes) is 17. The number of rotatable bonds is 38. The molecule has 0 aliphatic carbocycles. The van der Waals surface area contributed by atoms with Gasteiger partial charge in [0.1, 0.15) is 13.2 Å². The maximum Gasteiger partial charge on any atom is 0.306 e. The molecule has 0 N–H and O–H groups in total.